The molecular formula is C13H19N3O3. The van der Waals surface area contributed by atoms with Crippen molar-refractivity contribution in [3.8, 4) is 0 Å². The van der Waals surface area contributed by atoms with E-state index in [2.05, 4.69) is 15.6 Å². The summed E-state index contributed by atoms with van der Waals surface area (Å²) in [6, 6.07) is 0. The van der Waals surface area contributed by atoms with E-state index in [1.165, 1.54) is 6.20 Å². The van der Waals surface area contributed by atoms with E-state index < -0.39 is 0 Å². The lowest BCUT2D eigenvalue weighted by molar-refractivity contribution is -0.119. The molecule has 6 heteroatoms. The second kappa shape index (κ2) is 10.9. The number of allylic oxidation sites excluding steroid dienone is 4. The van der Waals surface area contributed by atoms with E-state index in [0.29, 0.717) is 12.7 Å². The largest absolute Gasteiger partial charge is 0.400 e. The van der Waals surface area contributed by atoms with Crippen molar-refractivity contribution in [1.82, 2.24) is 10.6 Å². The first-order valence-corrected chi connectivity index (χ1v) is 5.72. The Morgan fingerprint density at radius 3 is 2.74 bits per heavy atom. The lowest BCUT2D eigenvalue weighted by Crippen LogP contribution is -2.27. The van der Waals surface area contributed by atoms with Crippen molar-refractivity contribution < 1.29 is 14.7 Å². The maximum absolute atomic E-state index is 11.6. The first-order valence-electron chi connectivity index (χ1n) is 5.72. The number of hydrogen-bond acceptors (Lipinski definition) is 5. The number of amides is 1. The fourth-order valence-corrected chi connectivity index (χ4v) is 1.25. The molecule has 1 aliphatic carbocycles. The summed E-state index contributed by atoms with van der Waals surface area (Å²) in [5.41, 5.74) is 1.06. The van der Waals surface area contributed by atoms with Crippen molar-refractivity contribution >= 4 is 17.9 Å². The minimum Gasteiger partial charge on any atom is -0.400 e. The fourth-order valence-electron chi connectivity index (χ4n) is 1.25. The second-order valence-corrected chi connectivity index (χ2v) is 3.29. The molecule has 0 saturated carbocycles. The number of aliphatic hydroxyl groups excluding tert-OH is 1. The highest BCUT2D eigenvalue weighted by molar-refractivity contribution is 6.02. The van der Waals surface area contributed by atoms with Gasteiger partial charge >= 0.3 is 0 Å². The first kappa shape index (κ1) is 16.8. The Hall–Kier alpha value is -2.21. The minimum atomic E-state index is -0.373. The van der Waals surface area contributed by atoms with Crippen LogP contribution in [-0.4, -0.2) is 43.7 Å². The summed E-state index contributed by atoms with van der Waals surface area (Å²) >= 11 is 0. The zero-order valence-corrected chi connectivity index (χ0v) is 11.1. The van der Waals surface area contributed by atoms with Crippen molar-refractivity contribution in [1.29, 1.82) is 0 Å². The second-order valence-electron chi connectivity index (χ2n) is 3.29. The van der Waals surface area contributed by atoms with Gasteiger partial charge in [-0.25, -0.2) is 4.99 Å². The Kier molecular flexibility index (Phi) is 9.64. The van der Waals surface area contributed by atoms with Crippen LogP contribution in [0.3, 0.4) is 0 Å². The number of hydrogen-bond donors (Lipinski definition) is 3. The van der Waals surface area contributed by atoms with Gasteiger partial charge in [0.15, 0.2) is 0 Å². The van der Waals surface area contributed by atoms with E-state index in [1.54, 1.807) is 7.05 Å². The van der Waals surface area contributed by atoms with Gasteiger partial charge in [-0.05, 0) is 6.08 Å². The number of carbonyl (C=O) groups excluding carboxylic acids is 2. The maximum atomic E-state index is 11.6. The van der Waals surface area contributed by atoms with Crippen LogP contribution in [0.25, 0.3) is 0 Å². The van der Waals surface area contributed by atoms with Crippen LogP contribution < -0.4 is 10.6 Å². The molecule has 0 aromatic rings. The maximum Gasteiger partial charge on any atom is 0.271 e. The van der Waals surface area contributed by atoms with Gasteiger partial charge in [-0.2, -0.15) is 0 Å². The van der Waals surface area contributed by atoms with Gasteiger partial charge < -0.3 is 20.5 Å². The van der Waals surface area contributed by atoms with Crippen LogP contribution >= 0.6 is 0 Å². The molecule has 1 rings (SSSR count). The predicted octanol–water partition coefficient (Wildman–Crippen LogP) is -0.0721. The molecule has 0 fully saturated rings. The van der Waals surface area contributed by atoms with E-state index in [-0.39, 0.29) is 18.1 Å². The van der Waals surface area contributed by atoms with Gasteiger partial charge in [-0.15, -0.1) is 0 Å². The Labute approximate surface area is 112 Å². The summed E-state index contributed by atoms with van der Waals surface area (Å²) in [7, 11) is 2.68. The third-order valence-corrected chi connectivity index (χ3v) is 1.99. The molecular weight excluding hydrogens is 246 g/mol. The average molecular weight is 265 g/mol. The molecule has 104 valence electrons. The minimum absolute atomic E-state index is 0.0134. The highest BCUT2D eigenvalue weighted by atomic mass is 16.2. The van der Waals surface area contributed by atoms with E-state index in [0.717, 1.165) is 12.8 Å². The van der Waals surface area contributed by atoms with Crippen molar-refractivity contribution in [2.45, 2.75) is 6.42 Å². The van der Waals surface area contributed by atoms with Gasteiger partial charge in [0, 0.05) is 32.5 Å². The predicted molar refractivity (Wildman–Crippen MR) is 74.7 cm³/mol. The SMILES string of the molecule is CN/C=C(\N=C1C=CC=CC1)C(=O)NCC=O.CO. The molecule has 0 bridgehead atoms. The summed E-state index contributed by atoms with van der Waals surface area (Å²) < 4.78 is 0. The highest BCUT2D eigenvalue weighted by Gasteiger charge is 2.08. The van der Waals surface area contributed by atoms with Crippen molar-refractivity contribution in [2.75, 3.05) is 20.7 Å². The number of nitrogens with one attached hydrogen (secondary N) is 2. The molecule has 6 nitrogen and oxygen atoms in total. The van der Waals surface area contributed by atoms with Crippen molar-refractivity contribution in [3.63, 3.8) is 0 Å². The van der Waals surface area contributed by atoms with Gasteiger partial charge in [0.1, 0.15) is 12.0 Å². The lowest BCUT2D eigenvalue weighted by atomic mass is 10.1. The molecule has 3 N–H and O–H groups in total. The summed E-state index contributed by atoms with van der Waals surface area (Å²) in [6.07, 6.45) is 10.4. The van der Waals surface area contributed by atoms with Crippen LogP contribution in [0, 0.1) is 0 Å². The van der Waals surface area contributed by atoms with Crippen molar-refractivity contribution in [3.05, 3.63) is 36.2 Å². The molecule has 0 saturated heterocycles. The molecule has 0 atom stereocenters. The van der Waals surface area contributed by atoms with Gasteiger partial charge in [0.25, 0.3) is 5.91 Å². The Morgan fingerprint density at radius 1 is 1.47 bits per heavy atom. The van der Waals surface area contributed by atoms with Crippen LogP contribution in [0.1, 0.15) is 6.42 Å². The number of carbonyl (C=O) groups is 2. The molecule has 0 aromatic carbocycles. The van der Waals surface area contributed by atoms with Crippen LogP contribution in [0.4, 0.5) is 0 Å². The monoisotopic (exact) mass is 265 g/mol. The quantitative estimate of drug-likeness (QED) is 0.479. The number of aldehydes is 1. The zero-order valence-electron chi connectivity index (χ0n) is 11.1. The number of rotatable bonds is 5. The molecule has 0 unspecified atom stereocenters. The average Bonchev–Trinajstić information content (AvgIpc) is 2.47. The first-order chi connectivity index (χ1) is 9.27. The summed E-state index contributed by atoms with van der Waals surface area (Å²) in [5, 5.41) is 12.2. The smallest absolute Gasteiger partial charge is 0.271 e. The Bertz CT molecular complexity index is 409. The highest BCUT2D eigenvalue weighted by Crippen LogP contribution is 2.04. The fraction of sp³-hybridized carbons (Fsp3) is 0.308. The number of aliphatic imine (C=N–C) groups is 1. The molecule has 0 heterocycles. The van der Waals surface area contributed by atoms with E-state index >= 15 is 0 Å². The normalized spacial score (nSPS) is 15.5. The molecule has 19 heavy (non-hydrogen) atoms. The number of nitrogens with zero attached hydrogens (tertiary/aromatic N) is 1. The molecule has 1 aliphatic rings. The molecule has 0 radical (unpaired) electrons. The third kappa shape index (κ3) is 6.95. The third-order valence-electron chi connectivity index (χ3n) is 1.99. The van der Waals surface area contributed by atoms with E-state index in [9.17, 15) is 9.59 Å². The standard InChI is InChI=1S/C12H15N3O2.CH4O/c1-13-9-11(12(17)14-7-8-16)15-10-5-3-2-4-6-10;1-2/h2-5,8-9,13H,6-7H2,1H3,(H,14,17);2H,1H3/b11-9-,15-10?;. The van der Waals surface area contributed by atoms with Crippen LogP contribution in [0.5, 0.6) is 0 Å². The topological polar surface area (TPSA) is 90.8 Å². The van der Waals surface area contributed by atoms with Crippen LogP contribution in [0.15, 0.2) is 41.2 Å². The van der Waals surface area contributed by atoms with Gasteiger partial charge in [0.2, 0.25) is 0 Å². The van der Waals surface area contributed by atoms with Gasteiger partial charge in [-0.1, -0.05) is 18.2 Å². The molecule has 0 aliphatic heterocycles. The summed E-state index contributed by atoms with van der Waals surface area (Å²) in [5.74, 6) is -0.373. The van der Waals surface area contributed by atoms with Crippen LogP contribution in [0.2, 0.25) is 0 Å². The summed E-state index contributed by atoms with van der Waals surface area (Å²) in [6.45, 7) is -0.0134. The Morgan fingerprint density at radius 2 is 2.21 bits per heavy atom. The van der Waals surface area contributed by atoms with Crippen molar-refractivity contribution in [2.24, 2.45) is 4.99 Å². The van der Waals surface area contributed by atoms with Crippen LogP contribution in [-0.2, 0) is 9.59 Å². The number of aliphatic hydroxyl groups is 1. The van der Waals surface area contributed by atoms with E-state index in [1.807, 2.05) is 24.3 Å². The van der Waals surface area contributed by atoms with Gasteiger partial charge in [-0.3, -0.25) is 4.79 Å². The Balaban J connectivity index is 0.00000154. The molecule has 1 amide bonds. The summed E-state index contributed by atoms with van der Waals surface area (Å²) in [4.78, 5) is 26.0. The molecule has 0 spiro atoms. The zero-order chi connectivity index (χ0) is 14.5. The van der Waals surface area contributed by atoms with E-state index in [4.69, 9.17) is 5.11 Å². The van der Waals surface area contributed by atoms with Gasteiger partial charge in [0.05, 0.1) is 6.54 Å². The molecule has 0 aromatic heterocycles. The lowest BCUT2D eigenvalue weighted by Gasteiger charge is -2.05.